The van der Waals surface area contributed by atoms with Crippen LogP contribution in [0.25, 0.3) is 0 Å². The Hall–Kier alpha value is -2.20. The summed E-state index contributed by atoms with van der Waals surface area (Å²) in [7, 11) is 0. The molecule has 0 aromatic heterocycles. The third-order valence-electron chi connectivity index (χ3n) is 1.77. The molecule has 70 valence electrons. The van der Waals surface area contributed by atoms with Crippen molar-refractivity contribution < 1.29 is 0 Å². The van der Waals surface area contributed by atoms with Crippen LogP contribution in [0, 0.1) is 22.9 Å². The summed E-state index contributed by atoms with van der Waals surface area (Å²) in [6.07, 6.45) is 3.72. The van der Waals surface area contributed by atoms with Crippen molar-refractivity contribution in [2.24, 2.45) is 0 Å². The molecule has 0 saturated carbocycles. The fourth-order valence-corrected chi connectivity index (χ4v) is 1.06. The maximum absolute atomic E-state index is 8.29. The van der Waals surface area contributed by atoms with Crippen molar-refractivity contribution >= 4 is 0 Å². The Morgan fingerprint density at radius 1 is 0.857 bits per heavy atom. The Morgan fingerprint density at radius 3 is 1.50 bits per heavy atom. The zero-order valence-corrected chi connectivity index (χ0v) is 7.62. The average molecular weight is 186 g/mol. The summed E-state index contributed by atoms with van der Waals surface area (Å²) in [6.45, 7) is 1.09. The summed E-state index contributed by atoms with van der Waals surface area (Å²) in [6, 6.07) is 7.72. The first-order chi connectivity index (χ1) is 6.86. The van der Waals surface area contributed by atoms with E-state index in [4.69, 9.17) is 10.5 Å². The summed E-state index contributed by atoms with van der Waals surface area (Å²) in [5.41, 5.74) is 2.10. The molecule has 0 atom stereocenters. The van der Waals surface area contributed by atoms with Crippen LogP contribution >= 0.6 is 0 Å². The Balaban J connectivity index is 2.52. The molecule has 0 aliphatic rings. The summed E-state index contributed by atoms with van der Waals surface area (Å²) in [5.74, 6) is 0. The van der Waals surface area contributed by atoms with E-state index in [1.807, 2.05) is 36.7 Å². The standard InChI is InChI=1S/C10H10N4/c11-7-13-5-9-1-2-10(4-3-9)6-14-8-12/h1-4,13-14H,5-6H2. The van der Waals surface area contributed by atoms with Crippen molar-refractivity contribution in [2.75, 3.05) is 0 Å². The van der Waals surface area contributed by atoms with Crippen LogP contribution < -0.4 is 10.6 Å². The predicted molar refractivity (Wildman–Crippen MR) is 51.3 cm³/mol. The normalized spacial score (nSPS) is 8.43. The smallest absolute Gasteiger partial charge is 0.176 e. The summed E-state index contributed by atoms with van der Waals surface area (Å²) in [5, 5.41) is 21.7. The minimum atomic E-state index is 0.544. The van der Waals surface area contributed by atoms with Gasteiger partial charge in [0.15, 0.2) is 12.4 Å². The highest BCUT2D eigenvalue weighted by Gasteiger charge is 1.93. The number of hydrogen-bond acceptors (Lipinski definition) is 4. The van der Waals surface area contributed by atoms with E-state index in [9.17, 15) is 0 Å². The van der Waals surface area contributed by atoms with E-state index in [2.05, 4.69) is 10.6 Å². The number of nitrogens with one attached hydrogen (secondary N) is 2. The molecule has 4 heteroatoms. The van der Waals surface area contributed by atoms with Gasteiger partial charge in [-0.3, -0.25) is 0 Å². The van der Waals surface area contributed by atoms with Gasteiger partial charge in [-0.15, -0.1) is 0 Å². The van der Waals surface area contributed by atoms with Gasteiger partial charge in [-0.25, -0.2) is 0 Å². The van der Waals surface area contributed by atoms with Gasteiger partial charge in [0.2, 0.25) is 0 Å². The molecule has 1 aromatic rings. The van der Waals surface area contributed by atoms with Gasteiger partial charge in [0.25, 0.3) is 0 Å². The maximum Gasteiger partial charge on any atom is 0.176 e. The van der Waals surface area contributed by atoms with Crippen molar-refractivity contribution in [2.45, 2.75) is 13.1 Å². The van der Waals surface area contributed by atoms with Gasteiger partial charge in [-0.2, -0.15) is 10.5 Å². The number of hydrogen-bond donors (Lipinski definition) is 2. The van der Waals surface area contributed by atoms with Crippen molar-refractivity contribution in [3.05, 3.63) is 35.4 Å². The summed E-state index contributed by atoms with van der Waals surface area (Å²) >= 11 is 0. The molecular formula is C10H10N4. The fraction of sp³-hybridized carbons (Fsp3) is 0.200. The Bertz CT molecular complexity index is 318. The Morgan fingerprint density at radius 2 is 1.21 bits per heavy atom. The summed E-state index contributed by atoms with van der Waals surface area (Å²) < 4.78 is 0. The molecule has 0 radical (unpaired) electrons. The molecule has 0 heterocycles. The van der Waals surface area contributed by atoms with E-state index in [1.165, 1.54) is 0 Å². The first kappa shape index (κ1) is 9.88. The van der Waals surface area contributed by atoms with Gasteiger partial charge in [0, 0.05) is 13.1 Å². The fourth-order valence-electron chi connectivity index (χ4n) is 1.06. The largest absolute Gasteiger partial charge is 0.319 e. The highest BCUT2D eigenvalue weighted by molar-refractivity contribution is 5.22. The van der Waals surface area contributed by atoms with Crippen LogP contribution in [0.4, 0.5) is 0 Å². The van der Waals surface area contributed by atoms with Gasteiger partial charge < -0.3 is 10.6 Å². The third kappa shape index (κ3) is 3.04. The molecule has 0 spiro atoms. The Labute approximate surface area is 82.8 Å². The van der Waals surface area contributed by atoms with Crippen LogP contribution in [-0.4, -0.2) is 0 Å². The second-order valence-electron chi connectivity index (χ2n) is 2.75. The van der Waals surface area contributed by atoms with E-state index < -0.39 is 0 Å². The topological polar surface area (TPSA) is 71.6 Å². The summed E-state index contributed by atoms with van der Waals surface area (Å²) in [4.78, 5) is 0. The first-order valence-electron chi connectivity index (χ1n) is 4.18. The lowest BCUT2D eigenvalue weighted by atomic mass is 10.1. The molecule has 0 unspecified atom stereocenters. The van der Waals surface area contributed by atoms with Crippen LogP contribution in [0.1, 0.15) is 11.1 Å². The molecular weight excluding hydrogens is 176 g/mol. The SMILES string of the molecule is N#CNCc1ccc(CNC#N)cc1. The van der Waals surface area contributed by atoms with Crippen molar-refractivity contribution in [1.29, 1.82) is 10.5 Å². The van der Waals surface area contributed by atoms with E-state index in [0.717, 1.165) is 11.1 Å². The molecule has 0 saturated heterocycles. The van der Waals surface area contributed by atoms with E-state index in [0.29, 0.717) is 13.1 Å². The van der Waals surface area contributed by atoms with Crippen LogP contribution in [0.5, 0.6) is 0 Å². The highest BCUT2D eigenvalue weighted by Crippen LogP contribution is 2.03. The minimum Gasteiger partial charge on any atom is -0.319 e. The zero-order valence-electron chi connectivity index (χ0n) is 7.62. The molecule has 0 amide bonds. The van der Waals surface area contributed by atoms with E-state index >= 15 is 0 Å². The second kappa shape index (κ2) is 5.45. The maximum atomic E-state index is 8.29. The van der Waals surface area contributed by atoms with Crippen molar-refractivity contribution in [3.63, 3.8) is 0 Å². The van der Waals surface area contributed by atoms with Crippen molar-refractivity contribution in [1.82, 2.24) is 10.6 Å². The number of benzene rings is 1. The van der Waals surface area contributed by atoms with Crippen LogP contribution in [0.15, 0.2) is 24.3 Å². The molecule has 1 aromatic carbocycles. The minimum absolute atomic E-state index is 0.544. The van der Waals surface area contributed by atoms with Crippen molar-refractivity contribution in [3.8, 4) is 12.4 Å². The lowest BCUT2D eigenvalue weighted by Crippen LogP contribution is -2.06. The lowest BCUT2D eigenvalue weighted by molar-refractivity contribution is 0.867. The van der Waals surface area contributed by atoms with E-state index in [-0.39, 0.29) is 0 Å². The molecule has 0 aliphatic heterocycles. The van der Waals surface area contributed by atoms with Gasteiger partial charge in [-0.05, 0) is 11.1 Å². The molecule has 0 aliphatic carbocycles. The molecule has 1 rings (SSSR count). The van der Waals surface area contributed by atoms with Crippen LogP contribution in [-0.2, 0) is 13.1 Å². The Kier molecular flexibility index (Phi) is 3.85. The van der Waals surface area contributed by atoms with E-state index in [1.54, 1.807) is 0 Å². The lowest BCUT2D eigenvalue weighted by Gasteiger charge is -2.01. The number of nitriles is 2. The number of nitrogens with zero attached hydrogens (tertiary/aromatic N) is 2. The molecule has 2 N–H and O–H groups in total. The first-order valence-corrected chi connectivity index (χ1v) is 4.18. The monoisotopic (exact) mass is 186 g/mol. The molecule has 14 heavy (non-hydrogen) atoms. The van der Waals surface area contributed by atoms with Gasteiger partial charge in [-0.1, -0.05) is 24.3 Å². The molecule has 0 bridgehead atoms. The predicted octanol–water partition coefficient (Wildman–Crippen LogP) is 0.828. The van der Waals surface area contributed by atoms with Gasteiger partial charge in [0.05, 0.1) is 0 Å². The zero-order chi connectivity index (χ0) is 10.2. The second-order valence-corrected chi connectivity index (χ2v) is 2.75. The quantitative estimate of drug-likeness (QED) is 0.539. The average Bonchev–Trinajstić information content (AvgIpc) is 2.25. The van der Waals surface area contributed by atoms with Crippen LogP contribution in [0.3, 0.4) is 0 Å². The van der Waals surface area contributed by atoms with Crippen LogP contribution in [0.2, 0.25) is 0 Å². The van der Waals surface area contributed by atoms with Gasteiger partial charge in [0.1, 0.15) is 0 Å². The number of rotatable bonds is 4. The molecule has 4 nitrogen and oxygen atoms in total. The molecule has 0 fully saturated rings. The third-order valence-corrected chi connectivity index (χ3v) is 1.77. The highest BCUT2D eigenvalue weighted by atomic mass is 14.8. The van der Waals surface area contributed by atoms with Gasteiger partial charge >= 0.3 is 0 Å².